The molecule has 1 saturated heterocycles. The van der Waals surface area contributed by atoms with Crippen molar-refractivity contribution in [3.05, 3.63) is 77.3 Å². The third-order valence-corrected chi connectivity index (χ3v) is 8.62. The van der Waals surface area contributed by atoms with Gasteiger partial charge in [0.15, 0.2) is 0 Å². The number of anilines is 2. The first kappa shape index (κ1) is 27.0. The van der Waals surface area contributed by atoms with Gasteiger partial charge < -0.3 is 29.2 Å². The smallest absolute Gasteiger partial charge is 0.319 e. The number of likely N-dealkylation sites (N-methyl/N-ethyl adjacent to an activating group) is 1. The summed E-state index contributed by atoms with van der Waals surface area (Å²) in [5, 5.41) is 2.52. The maximum Gasteiger partial charge on any atom is 0.319 e. The molecule has 3 heterocycles. The number of amides is 1. The predicted molar refractivity (Wildman–Crippen MR) is 161 cm³/mol. The zero-order valence-electron chi connectivity index (χ0n) is 24.1. The van der Waals surface area contributed by atoms with Gasteiger partial charge in [-0.3, -0.25) is 4.79 Å². The van der Waals surface area contributed by atoms with Crippen molar-refractivity contribution in [2.24, 2.45) is 0 Å². The maximum absolute atomic E-state index is 12.5. The van der Waals surface area contributed by atoms with Crippen molar-refractivity contribution in [2.45, 2.75) is 44.5 Å². The number of aryl methyl sites for hydroxylation is 1. The topological polar surface area (TPSA) is 69.4 Å². The molecule has 1 unspecified atom stereocenters. The first-order chi connectivity index (χ1) is 19.9. The highest BCUT2D eigenvalue weighted by Gasteiger charge is 2.42. The van der Waals surface area contributed by atoms with Crippen molar-refractivity contribution in [2.75, 3.05) is 56.6 Å². The molecule has 3 aliphatic rings. The summed E-state index contributed by atoms with van der Waals surface area (Å²) in [7, 11) is 4.14. The first-order valence-corrected chi connectivity index (χ1v) is 14.3. The van der Waals surface area contributed by atoms with Gasteiger partial charge in [0.25, 0.3) is 0 Å². The number of ether oxygens (including phenoxy) is 1. The fraction of sp³-hybridized carbons (Fsp3) is 0.438. The van der Waals surface area contributed by atoms with Crippen molar-refractivity contribution < 1.29 is 9.53 Å². The Kier molecular flexibility index (Phi) is 7.26. The molecule has 2 aromatic carbocycles. The Balaban J connectivity index is 1.35. The Morgan fingerprint density at radius 1 is 1.17 bits per heavy atom. The lowest BCUT2D eigenvalue weighted by Crippen LogP contribution is -2.56. The summed E-state index contributed by atoms with van der Waals surface area (Å²) in [4.78, 5) is 34.7. The van der Waals surface area contributed by atoms with E-state index in [1.807, 2.05) is 0 Å². The molecular weight excluding hydrogens is 514 g/mol. The molecule has 1 aliphatic carbocycles. The summed E-state index contributed by atoms with van der Waals surface area (Å²) < 4.78 is 6.34. The van der Waals surface area contributed by atoms with E-state index < -0.39 is 0 Å². The van der Waals surface area contributed by atoms with Crippen LogP contribution in [0.1, 0.15) is 23.2 Å². The van der Waals surface area contributed by atoms with Crippen molar-refractivity contribution in [3.63, 3.8) is 0 Å². The molecule has 0 N–H and O–H groups in total. The molecule has 0 bridgehead atoms. The van der Waals surface area contributed by atoms with Crippen LogP contribution in [0.5, 0.6) is 6.01 Å². The minimum atomic E-state index is -0.220. The number of nitrogens with zero attached hydrogens (tertiary/aromatic N) is 7. The van der Waals surface area contributed by atoms with Gasteiger partial charge in [0.05, 0.1) is 12.2 Å². The molecule has 3 aromatic rings. The van der Waals surface area contributed by atoms with Gasteiger partial charge in [0, 0.05) is 55.3 Å². The number of fused-ring (bicyclic) bond motifs is 2. The Bertz CT molecular complexity index is 1530. The van der Waals surface area contributed by atoms with Crippen molar-refractivity contribution in [1.82, 2.24) is 19.8 Å². The summed E-state index contributed by atoms with van der Waals surface area (Å²) in [6.45, 7) is 16.8. The minimum Gasteiger partial charge on any atom is -0.458 e. The average Bonchev–Trinajstić information content (AvgIpc) is 3.75. The van der Waals surface area contributed by atoms with E-state index in [1.54, 1.807) is 4.90 Å². The Morgan fingerprint density at radius 3 is 2.71 bits per heavy atom. The van der Waals surface area contributed by atoms with E-state index >= 15 is 0 Å². The zero-order chi connectivity index (χ0) is 28.7. The molecule has 1 amide bonds. The third-order valence-electron chi connectivity index (χ3n) is 8.62. The number of hydrogen-bond acceptors (Lipinski definition) is 7. The number of piperazine rings is 1. The molecule has 1 aromatic heterocycles. The van der Waals surface area contributed by atoms with Gasteiger partial charge >= 0.3 is 6.01 Å². The molecule has 1 saturated carbocycles. The van der Waals surface area contributed by atoms with E-state index in [0.29, 0.717) is 38.2 Å². The van der Waals surface area contributed by atoms with Crippen LogP contribution in [0.2, 0.25) is 0 Å². The highest BCUT2D eigenvalue weighted by atomic mass is 16.5. The van der Waals surface area contributed by atoms with Gasteiger partial charge in [-0.25, -0.2) is 6.57 Å². The van der Waals surface area contributed by atoms with Crippen LogP contribution in [-0.4, -0.2) is 90.7 Å². The highest BCUT2D eigenvalue weighted by Crippen LogP contribution is 2.37. The molecule has 41 heavy (non-hydrogen) atoms. The van der Waals surface area contributed by atoms with Gasteiger partial charge in [-0.2, -0.15) is 9.97 Å². The number of carbonyl (C=O) groups is 1. The zero-order valence-corrected chi connectivity index (χ0v) is 24.1. The van der Waals surface area contributed by atoms with Crippen LogP contribution in [0.4, 0.5) is 11.5 Å². The summed E-state index contributed by atoms with van der Waals surface area (Å²) in [6.07, 6.45) is 3.18. The van der Waals surface area contributed by atoms with Gasteiger partial charge in [0.2, 0.25) is 12.5 Å². The SMILES string of the molecule is [C-]#[N+]C[C@H]1CN(c2nc(O[C@@H]3CC3N(C)C)nc3c2CCN(c2cccc4cccc(C)c24)C3)CCN1C(=O)C=C. The molecule has 0 radical (unpaired) electrons. The van der Waals surface area contributed by atoms with Crippen molar-refractivity contribution in [3.8, 4) is 6.01 Å². The van der Waals surface area contributed by atoms with Gasteiger partial charge in [-0.15, -0.1) is 0 Å². The Hall–Kier alpha value is -4.16. The molecule has 6 rings (SSSR count). The molecule has 3 atom stereocenters. The van der Waals surface area contributed by atoms with Crippen LogP contribution in [0.3, 0.4) is 0 Å². The molecule has 2 fully saturated rings. The molecule has 0 spiro atoms. The second-order valence-corrected chi connectivity index (χ2v) is 11.5. The van der Waals surface area contributed by atoms with E-state index in [9.17, 15) is 4.79 Å². The first-order valence-electron chi connectivity index (χ1n) is 14.3. The number of hydrogen-bond donors (Lipinski definition) is 0. The van der Waals surface area contributed by atoms with E-state index in [2.05, 4.69) is 83.5 Å². The van der Waals surface area contributed by atoms with Crippen molar-refractivity contribution >= 4 is 28.2 Å². The molecule has 212 valence electrons. The summed E-state index contributed by atoms with van der Waals surface area (Å²) in [5.41, 5.74) is 4.60. The fourth-order valence-electron chi connectivity index (χ4n) is 6.36. The lowest BCUT2D eigenvalue weighted by atomic mass is 9.99. The minimum absolute atomic E-state index is 0.0771. The second-order valence-electron chi connectivity index (χ2n) is 11.5. The molecule has 9 nitrogen and oxygen atoms in total. The summed E-state index contributed by atoms with van der Waals surface area (Å²) in [6, 6.07) is 13.5. The highest BCUT2D eigenvalue weighted by molar-refractivity contribution is 5.97. The number of benzene rings is 2. The molecular formula is C32H37N7O2. The monoisotopic (exact) mass is 551 g/mol. The van der Waals surface area contributed by atoms with Crippen LogP contribution in [0.25, 0.3) is 15.6 Å². The van der Waals surface area contributed by atoms with E-state index in [-0.39, 0.29) is 24.6 Å². The summed E-state index contributed by atoms with van der Waals surface area (Å²) in [5.74, 6) is 0.748. The lowest BCUT2D eigenvalue weighted by Gasteiger charge is -2.41. The largest absolute Gasteiger partial charge is 0.458 e. The fourth-order valence-corrected chi connectivity index (χ4v) is 6.36. The maximum atomic E-state index is 12.5. The standard InChI is InChI=1S/C32H37N7O2/c1-6-29(40)39-16-15-38(19-23(39)18-33-3)31-24-13-14-37(26-12-8-11-22-10-7-9-21(2)30(22)26)20-25(24)34-32(35-31)41-28-17-27(28)36(4)5/h6-12,23,27-28H,1,13-20H2,2,4-5H3/t23-,27?,28+/m0/s1. The number of rotatable bonds is 7. The van der Waals surface area contributed by atoms with Gasteiger partial charge in [-0.05, 0) is 50.5 Å². The predicted octanol–water partition coefficient (Wildman–Crippen LogP) is 3.70. The second kappa shape index (κ2) is 11.0. The average molecular weight is 552 g/mol. The Morgan fingerprint density at radius 2 is 1.98 bits per heavy atom. The van der Waals surface area contributed by atoms with Crippen molar-refractivity contribution in [1.29, 1.82) is 0 Å². The van der Waals surface area contributed by atoms with Crippen LogP contribution in [0, 0.1) is 13.5 Å². The van der Waals surface area contributed by atoms with E-state index in [4.69, 9.17) is 21.3 Å². The van der Waals surface area contributed by atoms with Crippen LogP contribution in [0.15, 0.2) is 49.1 Å². The van der Waals surface area contributed by atoms with Gasteiger partial charge in [0.1, 0.15) is 18.0 Å². The van der Waals surface area contributed by atoms with E-state index in [1.165, 1.54) is 28.1 Å². The van der Waals surface area contributed by atoms with Crippen LogP contribution < -0.4 is 14.5 Å². The molecule has 9 heteroatoms. The van der Waals surface area contributed by atoms with Crippen LogP contribution >= 0.6 is 0 Å². The van der Waals surface area contributed by atoms with E-state index in [0.717, 1.165) is 36.5 Å². The summed E-state index contributed by atoms with van der Waals surface area (Å²) >= 11 is 0. The molecule has 2 aliphatic heterocycles. The quantitative estimate of drug-likeness (QED) is 0.328. The number of aromatic nitrogens is 2. The normalized spacial score (nSPS) is 21.9. The third kappa shape index (κ3) is 5.20. The Labute approximate surface area is 241 Å². The van der Waals surface area contributed by atoms with Crippen LogP contribution in [-0.2, 0) is 17.8 Å². The number of carbonyl (C=O) groups excluding carboxylic acids is 1. The van der Waals surface area contributed by atoms with Gasteiger partial charge in [-0.1, -0.05) is 36.9 Å². The lowest BCUT2D eigenvalue weighted by molar-refractivity contribution is -0.128.